The van der Waals surface area contributed by atoms with E-state index in [0.29, 0.717) is 11.6 Å². The summed E-state index contributed by atoms with van der Waals surface area (Å²) < 4.78 is 0. The van der Waals surface area contributed by atoms with Crippen molar-refractivity contribution in [2.24, 2.45) is 0 Å². The molecule has 1 aliphatic rings. The van der Waals surface area contributed by atoms with Crippen LogP contribution in [0, 0.1) is 0 Å². The predicted molar refractivity (Wildman–Crippen MR) is 89.6 cm³/mol. The number of nitrogens with one attached hydrogen (secondary N) is 2. The Labute approximate surface area is 139 Å². The summed E-state index contributed by atoms with van der Waals surface area (Å²) in [6, 6.07) is 6.71. The largest absolute Gasteiger partial charge is 0.480 e. The molecule has 7 heteroatoms. The Morgan fingerprint density at radius 3 is 2.52 bits per heavy atom. The molecular weight excluding hydrogens is 316 g/mol. The van der Waals surface area contributed by atoms with Gasteiger partial charge in [-0.1, -0.05) is 26.0 Å². The molecule has 2 amide bonds. The summed E-state index contributed by atoms with van der Waals surface area (Å²) in [5, 5.41) is 13.5. The SMILES string of the molecule is CC(C)c1ccc(NC(=O)C[C@@H]2SC[C@H](C(=O)O)NC2=O)cc1. The zero-order valence-corrected chi connectivity index (χ0v) is 13.9. The lowest BCUT2D eigenvalue weighted by atomic mass is 10.0. The maximum atomic E-state index is 12.0. The van der Waals surface area contributed by atoms with Gasteiger partial charge in [0.25, 0.3) is 0 Å². The summed E-state index contributed by atoms with van der Waals surface area (Å²) in [5.41, 5.74) is 1.87. The van der Waals surface area contributed by atoms with Gasteiger partial charge in [-0.15, -0.1) is 11.8 Å². The van der Waals surface area contributed by atoms with Crippen molar-refractivity contribution < 1.29 is 19.5 Å². The molecule has 0 saturated carbocycles. The molecule has 0 radical (unpaired) electrons. The van der Waals surface area contributed by atoms with E-state index in [0.717, 1.165) is 0 Å². The van der Waals surface area contributed by atoms with E-state index in [1.165, 1.54) is 17.3 Å². The molecule has 0 bridgehead atoms. The number of carboxylic acids is 1. The van der Waals surface area contributed by atoms with Gasteiger partial charge in [-0.25, -0.2) is 4.79 Å². The van der Waals surface area contributed by atoms with E-state index in [9.17, 15) is 14.4 Å². The lowest BCUT2D eigenvalue weighted by Crippen LogP contribution is -2.51. The third-order valence-corrected chi connectivity index (χ3v) is 4.91. The molecule has 124 valence electrons. The van der Waals surface area contributed by atoms with Crippen LogP contribution in [-0.2, 0) is 14.4 Å². The summed E-state index contributed by atoms with van der Waals surface area (Å²) >= 11 is 1.20. The zero-order chi connectivity index (χ0) is 17.0. The number of anilines is 1. The standard InChI is InChI=1S/C16H20N2O4S/c1-9(2)10-3-5-11(6-4-10)17-14(19)7-13-15(20)18-12(8-23-13)16(21)22/h3-6,9,12-13H,7-8H2,1-2H3,(H,17,19)(H,18,20)(H,21,22)/t12-,13+/m1/s1. The van der Waals surface area contributed by atoms with Crippen molar-refractivity contribution in [1.29, 1.82) is 0 Å². The van der Waals surface area contributed by atoms with Crippen molar-refractivity contribution in [2.75, 3.05) is 11.1 Å². The number of carboxylic acid groups (broad SMARTS) is 1. The average Bonchev–Trinajstić information content (AvgIpc) is 2.49. The van der Waals surface area contributed by atoms with E-state index in [1.54, 1.807) is 0 Å². The highest BCUT2D eigenvalue weighted by Gasteiger charge is 2.33. The number of carbonyl (C=O) groups is 3. The zero-order valence-electron chi connectivity index (χ0n) is 13.0. The number of benzene rings is 1. The monoisotopic (exact) mass is 336 g/mol. The molecule has 23 heavy (non-hydrogen) atoms. The summed E-state index contributed by atoms with van der Waals surface area (Å²) in [7, 11) is 0. The number of hydrogen-bond acceptors (Lipinski definition) is 4. The normalized spacial score (nSPS) is 20.9. The van der Waals surface area contributed by atoms with Gasteiger partial charge in [-0.05, 0) is 23.6 Å². The molecule has 1 heterocycles. The lowest BCUT2D eigenvalue weighted by molar-refractivity contribution is -0.141. The predicted octanol–water partition coefficient (Wildman–Crippen LogP) is 1.82. The van der Waals surface area contributed by atoms with E-state index in [-0.39, 0.29) is 18.1 Å². The Morgan fingerprint density at radius 1 is 1.35 bits per heavy atom. The fourth-order valence-electron chi connectivity index (χ4n) is 2.21. The third kappa shape index (κ3) is 4.72. The first-order chi connectivity index (χ1) is 10.9. The Balaban J connectivity index is 1.87. The van der Waals surface area contributed by atoms with Crippen LogP contribution in [-0.4, -0.2) is 39.9 Å². The quantitative estimate of drug-likeness (QED) is 0.762. The number of hydrogen-bond donors (Lipinski definition) is 3. The summed E-state index contributed by atoms with van der Waals surface area (Å²) in [4.78, 5) is 34.7. The summed E-state index contributed by atoms with van der Waals surface area (Å²) in [5.74, 6) is -1.03. The second kappa shape index (κ2) is 7.50. The fraction of sp³-hybridized carbons (Fsp3) is 0.438. The third-order valence-electron chi connectivity index (χ3n) is 3.60. The molecule has 1 saturated heterocycles. The molecule has 1 aliphatic heterocycles. The Bertz CT molecular complexity index is 601. The van der Waals surface area contributed by atoms with Crippen LogP contribution in [0.2, 0.25) is 0 Å². The fourth-order valence-corrected chi connectivity index (χ4v) is 3.35. The Kier molecular flexibility index (Phi) is 5.65. The minimum atomic E-state index is -1.06. The minimum Gasteiger partial charge on any atom is -0.480 e. The highest BCUT2D eigenvalue weighted by atomic mass is 32.2. The Morgan fingerprint density at radius 2 is 2.00 bits per heavy atom. The second-order valence-electron chi connectivity index (χ2n) is 5.75. The van der Waals surface area contributed by atoms with Crippen molar-refractivity contribution in [2.45, 2.75) is 37.5 Å². The molecule has 0 aromatic heterocycles. The molecule has 0 spiro atoms. The first kappa shape index (κ1) is 17.3. The molecule has 1 fully saturated rings. The van der Waals surface area contributed by atoms with Crippen molar-refractivity contribution in [1.82, 2.24) is 5.32 Å². The van der Waals surface area contributed by atoms with E-state index < -0.39 is 23.2 Å². The number of thioether (sulfide) groups is 1. The van der Waals surface area contributed by atoms with E-state index in [4.69, 9.17) is 5.11 Å². The van der Waals surface area contributed by atoms with Gasteiger partial charge in [0.2, 0.25) is 11.8 Å². The van der Waals surface area contributed by atoms with E-state index in [1.807, 2.05) is 24.3 Å². The van der Waals surface area contributed by atoms with Crippen LogP contribution in [0.1, 0.15) is 31.7 Å². The van der Waals surface area contributed by atoms with E-state index in [2.05, 4.69) is 24.5 Å². The lowest BCUT2D eigenvalue weighted by Gasteiger charge is -2.25. The Hall–Kier alpha value is -2.02. The van der Waals surface area contributed by atoms with Crippen LogP contribution in [0.15, 0.2) is 24.3 Å². The average molecular weight is 336 g/mol. The maximum Gasteiger partial charge on any atom is 0.327 e. The van der Waals surface area contributed by atoms with Crippen molar-refractivity contribution in [3.8, 4) is 0 Å². The smallest absolute Gasteiger partial charge is 0.327 e. The molecule has 0 unspecified atom stereocenters. The first-order valence-electron chi connectivity index (χ1n) is 7.41. The highest BCUT2D eigenvalue weighted by Crippen LogP contribution is 2.22. The van der Waals surface area contributed by atoms with Crippen LogP contribution in [0.5, 0.6) is 0 Å². The van der Waals surface area contributed by atoms with Crippen LogP contribution in [0.25, 0.3) is 0 Å². The number of amides is 2. The molecule has 2 atom stereocenters. The highest BCUT2D eigenvalue weighted by molar-refractivity contribution is 8.00. The van der Waals surface area contributed by atoms with Gasteiger partial charge in [0.05, 0.1) is 5.25 Å². The maximum absolute atomic E-state index is 12.0. The van der Waals surface area contributed by atoms with Crippen LogP contribution >= 0.6 is 11.8 Å². The van der Waals surface area contributed by atoms with Crippen molar-refractivity contribution in [3.05, 3.63) is 29.8 Å². The van der Waals surface area contributed by atoms with Gasteiger partial charge in [-0.2, -0.15) is 0 Å². The van der Waals surface area contributed by atoms with Gasteiger partial charge in [-0.3, -0.25) is 9.59 Å². The molecule has 2 rings (SSSR count). The number of rotatable bonds is 5. The molecule has 3 N–H and O–H groups in total. The number of carbonyl (C=O) groups excluding carboxylic acids is 2. The first-order valence-corrected chi connectivity index (χ1v) is 8.46. The van der Waals surface area contributed by atoms with Crippen LogP contribution in [0.4, 0.5) is 5.69 Å². The van der Waals surface area contributed by atoms with Gasteiger partial charge in [0, 0.05) is 17.9 Å². The topological polar surface area (TPSA) is 95.5 Å². The molecular formula is C16H20N2O4S. The van der Waals surface area contributed by atoms with Gasteiger partial charge in [0.15, 0.2) is 0 Å². The summed E-state index contributed by atoms with van der Waals surface area (Å²) in [6.45, 7) is 4.19. The van der Waals surface area contributed by atoms with Crippen LogP contribution in [0.3, 0.4) is 0 Å². The summed E-state index contributed by atoms with van der Waals surface area (Å²) in [6.07, 6.45) is 0.0226. The molecule has 0 aliphatic carbocycles. The molecule has 1 aromatic carbocycles. The molecule has 6 nitrogen and oxygen atoms in total. The van der Waals surface area contributed by atoms with Gasteiger partial charge >= 0.3 is 5.97 Å². The van der Waals surface area contributed by atoms with Gasteiger partial charge in [0.1, 0.15) is 6.04 Å². The second-order valence-corrected chi connectivity index (χ2v) is 6.99. The van der Waals surface area contributed by atoms with Gasteiger partial charge < -0.3 is 15.7 Å². The minimum absolute atomic E-state index is 0.0226. The van der Waals surface area contributed by atoms with Crippen LogP contribution < -0.4 is 10.6 Å². The van der Waals surface area contributed by atoms with E-state index >= 15 is 0 Å². The van der Waals surface area contributed by atoms with Crippen molar-refractivity contribution in [3.63, 3.8) is 0 Å². The molecule has 1 aromatic rings. The number of aliphatic carboxylic acids is 1. The van der Waals surface area contributed by atoms with Crippen molar-refractivity contribution >= 4 is 35.2 Å².